The van der Waals surface area contributed by atoms with E-state index in [0.717, 1.165) is 17.7 Å². The first-order valence-electron chi connectivity index (χ1n) is 7.93. The van der Waals surface area contributed by atoms with Gasteiger partial charge in [-0.25, -0.2) is 14.4 Å². The van der Waals surface area contributed by atoms with Gasteiger partial charge in [-0.1, -0.05) is 44.2 Å². The quantitative estimate of drug-likeness (QED) is 0.552. The molecule has 136 valence electrons. The number of carbonyl (C=O) groups is 3. The maximum Gasteiger partial charge on any atom is 0.331 e. The van der Waals surface area contributed by atoms with Crippen LogP contribution in [-0.4, -0.2) is 37.7 Å². The third-order valence-electron chi connectivity index (χ3n) is 3.38. The molecule has 25 heavy (non-hydrogen) atoms. The van der Waals surface area contributed by atoms with E-state index in [0.29, 0.717) is 6.54 Å². The highest BCUT2D eigenvalue weighted by Crippen LogP contribution is 2.03. The first kappa shape index (κ1) is 20.2. The second-order valence-electron chi connectivity index (χ2n) is 5.65. The number of rotatable bonds is 8. The van der Waals surface area contributed by atoms with E-state index in [2.05, 4.69) is 15.4 Å². The van der Waals surface area contributed by atoms with Crippen molar-refractivity contribution in [3.05, 3.63) is 48.0 Å². The van der Waals surface area contributed by atoms with Gasteiger partial charge < -0.3 is 20.1 Å². The zero-order chi connectivity index (χ0) is 18.7. The van der Waals surface area contributed by atoms with E-state index < -0.39 is 11.9 Å². The van der Waals surface area contributed by atoms with Crippen LogP contribution in [0.15, 0.2) is 42.5 Å². The standard InChI is InChI=1S/C18H24N2O5/c1-13(2)15(12-25-17(22)10-9-16(21)24-3)20-18(23)19-11-14-7-5-4-6-8-14/h4-10,13,15H,11-12H2,1-3H3,(H2,19,20,23)/b10-9+/t15-/m1/s1. The van der Waals surface area contributed by atoms with Crippen LogP contribution in [-0.2, 0) is 25.6 Å². The van der Waals surface area contributed by atoms with Gasteiger partial charge in [-0.3, -0.25) is 0 Å². The number of methoxy groups -OCH3 is 1. The van der Waals surface area contributed by atoms with Crippen LogP contribution in [0, 0.1) is 5.92 Å². The molecular formula is C18H24N2O5. The number of urea groups is 1. The summed E-state index contributed by atoms with van der Waals surface area (Å²) in [5.74, 6) is -1.27. The molecule has 0 aromatic heterocycles. The zero-order valence-electron chi connectivity index (χ0n) is 14.7. The molecule has 0 spiro atoms. The highest BCUT2D eigenvalue weighted by molar-refractivity contribution is 5.91. The molecule has 1 aromatic carbocycles. The Kier molecular flexibility index (Phi) is 8.78. The van der Waals surface area contributed by atoms with Crippen LogP contribution in [0.2, 0.25) is 0 Å². The molecule has 0 radical (unpaired) electrons. The Morgan fingerprint density at radius 2 is 1.72 bits per heavy atom. The minimum atomic E-state index is -0.678. The van der Waals surface area contributed by atoms with Crippen molar-refractivity contribution in [1.29, 1.82) is 0 Å². The molecule has 0 saturated heterocycles. The van der Waals surface area contributed by atoms with Crippen molar-refractivity contribution in [1.82, 2.24) is 10.6 Å². The molecule has 1 aromatic rings. The summed E-state index contributed by atoms with van der Waals surface area (Å²) < 4.78 is 9.43. The first-order valence-corrected chi connectivity index (χ1v) is 7.93. The largest absolute Gasteiger partial charge is 0.466 e. The average Bonchev–Trinajstić information content (AvgIpc) is 2.61. The van der Waals surface area contributed by atoms with E-state index in [1.807, 2.05) is 44.2 Å². The number of amides is 2. The van der Waals surface area contributed by atoms with Crippen molar-refractivity contribution in [2.45, 2.75) is 26.4 Å². The molecule has 7 heteroatoms. The number of esters is 2. The molecule has 7 nitrogen and oxygen atoms in total. The fourth-order valence-electron chi connectivity index (χ4n) is 1.82. The number of ether oxygens (including phenoxy) is 2. The third kappa shape index (κ3) is 8.55. The lowest BCUT2D eigenvalue weighted by Crippen LogP contribution is -2.46. The summed E-state index contributed by atoms with van der Waals surface area (Å²) >= 11 is 0. The van der Waals surface area contributed by atoms with Gasteiger partial charge in [0.2, 0.25) is 0 Å². The molecular weight excluding hydrogens is 324 g/mol. The number of benzene rings is 1. The molecule has 1 atom stereocenters. The van der Waals surface area contributed by atoms with Crippen LogP contribution in [0.25, 0.3) is 0 Å². The molecule has 0 aliphatic heterocycles. The second kappa shape index (κ2) is 10.9. The van der Waals surface area contributed by atoms with Gasteiger partial charge >= 0.3 is 18.0 Å². The molecule has 1 rings (SSSR count). The van der Waals surface area contributed by atoms with Gasteiger partial charge in [0.15, 0.2) is 0 Å². The number of hydrogen-bond donors (Lipinski definition) is 2. The molecule has 2 amide bonds. The molecule has 0 fully saturated rings. The van der Waals surface area contributed by atoms with Crippen LogP contribution >= 0.6 is 0 Å². The Morgan fingerprint density at radius 1 is 1.08 bits per heavy atom. The maximum absolute atomic E-state index is 12.0. The number of hydrogen-bond acceptors (Lipinski definition) is 5. The summed E-state index contributed by atoms with van der Waals surface area (Å²) in [7, 11) is 1.21. The summed E-state index contributed by atoms with van der Waals surface area (Å²) in [6.07, 6.45) is 1.96. The van der Waals surface area contributed by atoms with Gasteiger partial charge in [-0.15, -0.1) is 0 Å². The Balaban J connectivity index is 2.42. The smallest absolute Gasteiger partial charge is 0.331 e. The Labute approximate surface area is 147 Å². The van der Waals surface area contributed by atoms with Gasteiger partial charge in [0.05, 0.1) is 13.2 Å². The first-order chi connectivity index (χ1) is 11.9. The minimum Gasteiger partial charge on any atom is -0.466 e. The zero-order valence-corrected chi connectivity index (χ0v) is 14.7. The summed E-state index contributed by atoms with van der Waals surface area (Å²) in [4.78, 5) is 34.4. The lowest BCUT2D eigenvalue weighted by Gasteiger charge is -2.22. The molecule has 0 saturated carbocycles. The fraction of sp³-hybridized carbons (Fsp3) is 0.389. The van der Waals surface area contributed by atoms with E-state index in [1.54, 1.807) is 0 Å². The molecule has 0 aliphatic carbocycles. The topological polar surface area (TPSA) is 93.7 Å². The summed E-state index contributed by atoms with van der Waals surface area (Å²) in [5.41, 5.74) is 0.984. The third-order valence-corrected chi connectivity index (χ3v) is 3.38. The van der Waals surface area contributed by atoms with Gasteiger partial charge in [0.25, 0.3) is 0 Å². The van der Waals surface area contributed by atoms with Crippen LogP contribution < -0.4 is 10.6 Å². The van der Waals surface area contributed by atoms with Crippen molar-refractivity contribution < 1.29 is 23.9 Å². The van der Waals surface area contributed by atoms with Crippen molar-refractivity contribution in [3.63, 3.8) is 0 Å². The van der Waals surface area contributed by atoms with E-state index in [1.165, 1.54) is 7.11 Å². The van der Waals surface area contributed by atoms with Crippen molar-refractivity contribution in [3.8, 4) is 0 Å². The predicted octanol–water partition coefficient (Wildman–Crippen LogP) is 1.78. The highest BCUT2D eigenvalue weighted by atomic mass is 16.5. The molecule has 0 bridgehead atoms. The summed E-state index contributed by atoms with van der Waals surface area (Å²) in [6, 6.07) is 8.82. The van der Waals surface area contributed by atoms with Crippen molar-refractivity contribution >= 4 is 18.0 Å². The maximum atomic E-state index is 12.0. The lowest BCUT2D eigenvalue weighted by atomic mass is 10.1. The predicted molar refractivity (Wildman–Crippen MR) is 92.6 cm³/mol. The average molecular weight is 348 g/mol. The van der Waals surface area contributed by atoms with Crippen LogP contribution in [0.3, 0.4) is 0 Å². The van der Waals surface area contributed by atoms with E-state index in [4.69, 9.17) is 4.74 Å². The van der Waals surface area contributed by atoms with E-state index in [9.17, 15) is 14.4 Å². The van der Waals surface area contributed by atoms with Gasteiger partial charge in [0.1, 0.15) is 6.61 Å². The Bertz CT molecular complexity index is 599. The molecule has 0 unspecified atom stereocenters. The van der Waals surface area contributed by atoms with Crippen LogP contribution in [0.5, 0.6) is 0 Å². The Morgan fingerprint density at radius 3 is 2.32 bits per heavy atom. The van der Waals surface area contributed by atoms with Gasteiger partial charge in [-0.2, -0.15) is 0 Å². The van der Waals surface area contributed by atoms with E-state index >= 15 is 0 Å². The second-order valence-corrected chi connectivity index (χ2v) is 5.65. The minimum absolute atomic E-state index is 0.000763. The normalized spacial score (nSPS) is 11.8. The fourth-order valence-corrected chi connectivity index (χ4v) is 1.82. The highest BCUT2D eigenvalue weighted by Gasteiger charge is 2.17. The van der Waals surface area contributed by atoms with Crippen LogP contribution in [0.1, 0.15) is 19.4 Å². The van der Waals surface area contributed by atoms with E-state index in [-0.39, 0.29) is 24.6 Å². The molecule has 0 aliphatic rings. The number of nitrogens with one attached hydrogen (secondary N) is 2. The summed E-state index contributed by atoms with van der Waals surface area (Å²) in [5, 5.41) is 5.53. The monoisotopic (exact) mass is 348 g/mol. The Hall–Kier alpha value is -2.83. The van der Waals surface area contributed by atoms with Crippen LogP contribution in [0.4, 0.5) is 4.79 Å². The SMILES string of the molecule is COC(=O)/C=C/C(=O)OC[C@@H](NC(=O)NCc1ccccc1)C(C)C. The molecule has 2 N–H and O–H groups in total. The van der Waals surface area contributed by atoms with Gasteiger partial charge in [-0.05, 0) is 11.5 Å². The van der Waals surface area contributed by atoms with Crippen molar-refractivity contribution in [2.24, 2.45) is 5.92 Å². The van der Waals surface area contributed by atoms with Crippen molar-refractivity contribution in [2.75, 3.05) is 13.7 Å². The number of carbonyl (C=O) groups excluding carboxylic acids is 3. The van der Waals surface area contributed by atoms with Gasteiger partial charge in [0, 0.05) is 18.7 Å². The summed E-state index contributed by atoms with van der Waals surface area (Å²) in [6.45, 7) is 4.21. The molecule has 0 heterocycles. The lowest BCUT2D eigenvalue weighted by molar-refractivity contribution is -0.140.